The predicted molar refractivity (Wildman–Crippen MR) is 96.4 cm³/mol. The van der Waals surface area contributed by atoms with E-state index in [0.717, 1.165) is 29.7 Å². The molecule has 0 saturated heterocycles. The highest BCUT2D eigenvalue weighted by Gasteiger charge is 2.16. The minimum absolute atomic E-state index is 0.199. The maximum Gasteiger partial charge on any atom is 0.267 e. The topological polar surface area (TPSA) is 50.7 Å². The molecule has 1 atom stereocenters. The highest BCUT2D eigenvalue weighted by atomic mass is 16.6. The van der Waals surface area contributed by atoms with Gasteiger partial charge in [0.2, 0.25) is 6.10 Å². The lowest BCUT2D eigenvalue weighted by Gasteiger charge is -2.11. The molecular weight excluding hydrogens is 300 g/mol. The molecule has 0 fully saturated rings. The smallest absolute Gasteiger partial charge is 0.267 e. The summed E-state index contributed by atoms with van der Waals surface area (Å²) in [6.45, 7) is 3.70. The van der Waals surface area contributed by atoms with E-state index in [1.54, 1.807) is 13.1 Å². The highest BCUT2D eigenvalue weighted by Crippen LogP contribution is 2.25. The lowest BCUT2D eigenvalue weighted by molar-refractivity contribution is -0.126. The molecule has 4 nitrogen and oxygen atoms in total. The van der Waals surface area contributed by atoms with Crippen molar-refractivity contribution in [3.63, 3.8) is 0 Å². The van der Waals surface area contributed by atoms with Crippen molar-refractivity contribution in [3.8, 4) is 0 Å². The lowest BCUT2D eigenvalue weighted by Crippen LogP contribution is -2.26. The van der Waals surface area contributed by atoms with E-state index in [0.29, 0.717) is 0 Å². The Hall–Kier alpha value is -2.62. The second kappa shape index (κ2) is 7.30. The molecule has 0 heterocycles. The fourth-order valence-electron chi connectivity index (χ4n) is 2.85. The summed E-state index contributed by atoms with van der Waals surface area (Å²) in [7, 11) is 0. The van der Waals surface area contributed by atoms with Gasteiger partial charge in [-0.15, -0.1) is 0 Å². The average Bonchev–Trinajstić information content (AvgIpc) is 3.04. The fraction of sp³-hybridized carbons (Fsp3) is 0.300. The maximum absolute atomic E-state index is 12.2. The van der Waals surface area contributed by atoms with Gasteiger partial charge < -0.3 is 10.2 Å². The third-order valence-electron chi connectivity index (χ3n) is 4.33. The summed E-state index contributed by atoms with van der Waals surface area (Å²) < 4.78 is 0. The molecule has 0 radical (unpaired) electrons. The Morgan fingerprint density at radius 1 is 1.21 bits per heavy atom. The van der Waals surface area contributed by atoms with Crippen molar-refractivity contribution in [2.24, 2.45) is 5.16 Å². The zero-order valence-electron chi connectivity index (χ0n) is 14.1. The number of nitrogens with zero attached hydrogens (tertiary/aromatic N) is 1. The van der Waals surface area contributed by atoms with Gasteiger partial charge in [-0.25, -0.2) is 0 Å². The fourth-order valence-corrected chi connectivity index (χ4v) is 2.85. The molecule has 2 aromatic carbocycles. The van der Waals surface area contributed by atoms with Gasteiger partial charge in [-0.1, -0.05) is 35.5 Å². The maximum atomic E-state index is 12.2. The first kappa shape index (κ1) is 16.2. The largest absolute Gasteiger partial charge is 0.383 e. The Bertz CT molecular complexity index is 768. The second-order valence-electron chi connectivity index (χ2n) is 6.17. The van der Waals surface area contributed by atoms with Gasteiger partial charge in [0.25, 0.3) is 5.91 Å². The normalized spacial score (nSPS) is 14.4. The van der Waals surface area contributed by atoms with Crippen LogP contribution in [-0.4, -0.2) is 18.2 Å². The Morgan fingerprint density at radius 2 is 2.00 bits per heavy atom. The van der Waals surface area contributed by atoms with Gasteiger partial charge in [-0.05, 0) is 67.5 Å². The third-order valence-corrected chi connectivity index (χ3v) is 4.33. The van der Waals surface area contributed by atoms with Crippen LogP contribution in [0, 0.1) is 6.92 Å². The molecule has 0 spiro atoms. The molecule has 0 aliphatic heterocycles. The van der Waals surface area contributed by atoms with Crippen molar-refractivity contribution in [1.82, 2.24) is 0 Å². The van der Waals surface area contributed by atoms with Crippen LogP contribution in [-0.2, 0) is 22.5 Å². The number of anilines is 1. The quantitative estimate of drug-likeness (QED) is 0.671. The highest BCUT2D eigenvalue weighted by molar-refractivity contribution is 5.94. The molecule has 1 aliphatic rings. The van der Waals surface area contributed by atoms with Crippen molar-refractivity contribution in [2.45, 2.75) is 39.2 Å². The van der Waals surface area contributed by atoms with Crippen molar-refractivity contribution in [3.05, 3.63) is 64.7 Å². The van der Waals surface area contributed by atoms with Gasteiger partial charge in [0.05, 0.1) is 6.21 Å². The standard InChI is InChI=1S/C20H22N2O2/c1-14-6-3-4-7-18(14)13-21-24-15(2)20(23)22-19-11-10-16-8-5-9-17(16)12-19/h3-4,6-7,10-13,15H,5,8-9H2,1-2H3,(H,22,23)/b21-13+. The molecule has 0 bridgehead atoms. The summed E-state index contributed by atoms with van der Waals surface area (Å²) in [6.07, 6.45) is 4.40. The van der Waals surface area contributed by atoms with Crippen molar-refractivity contribution < 1.29 is 9.63 Å². The van der Waals surface area contributed by atoms with Gasteiger partial charge in [0.15, 0.2) is 0 Å². The summed E-state index contributed by atoms with van der Waals surface area (Å²) in [5, 5.41) is 6.83. The molecule has 124 valence electrons. The van der Waals surface area contributed by atoms with Crippen LogP contribution in [0.15, 0.2) is 47.6 Å². The van der Waals surface area contributed by atoms with E-state index < -0.39 is 6.10 Å². The van der Waals surface area contributed by atoms with Crippen molar-refractivity contribution in [2.75, 3.05) is 5.32 Å². The third kappa shape index (κ3) is 3.82. The van der Waals surface area contributed by atoms with Crippen LogP contribution in [0.1, 0.15) is 35.6 Å². The van der Waals surface area contributed by atoms with E-state index in [2.05, 4.69) is 22.6 Å². The summed E-state index contributed by atoms with van der Waals surface area (Å²) in [5.74, 6) is -0.199. The van der Waals surface area contributed by atoms with E-state index in [9.17, 15) is 4.79 Å². The van der Waals surface area contributed by atoms with Crippen LogP contribution in [0.5, 0.6) is 0 Å². The molecule has 3 rings (SSSR count). The first-order valence-electron chi connectivity index (χ1n) is 8.31. The van der Waals surface area contributed by atoms with Crippen LogP contribution in [0.3, 0.4) is 0 Å². The van der Waals surface area contributed by atoms with Crippen LogP contribution in [0.2, 0.25) is 0 Å². The second-order valence-corrected chi connectivity index (χ2v) is 6.17. The number of aryl methyl sites for hydroxylation is 3. The zero-order valence-corrected chi connectivity index (χ0v) is 14.1. The van der Waals surface area contributed by atoms with Gasteiger partial charge in [0, 0.05) is 5.69 Å². The lowest BCUT2D eigenvalue weighted by atomic mass is 10.1. The van der Waals surface area contributed by atoms with Gasteiger partial charge in [0.1, 0.15) is 0 Å². The van der Waals surface area contributed by atoms with E-state index >= 15 is 0 Å². The van der Waals surface area contributed by atoms with Crippen molar-refractivity contribution in [1.29, 1.82) is 0 Å². The minimum atomic E-state index is -0.654. The molecule has 0 aromatic heterocycles. The number of rotatable bonds is 5. The Labute approximate surface area is 142 Å². The number of benzene rings is 2. The van der Waals surface area contributed by atoms with Crippen LogP contribution in [0.4, 0.5) is 5.69 Å². The van der Waals surface area contributed by atoms with Crippen LogP contribution < -0.4 is 5.32 Å². The van der Waals surface area contributed by atoms with Gasteiger partial charge in [-0.3, -0.25) is 4.79 Å². The van der Waals surface area contributed by atoms with Crippen LogP contribution >= 0.6 is 0 Å². The van der Waals surface area contributed by atoms with Crippen molar-refractivity contribution >= 4 is 17.8 Å². The van der Waals surface area contributed by atoms with E-state index in [1.807, 2.05) is 37.3 Å². The SMILES string of the molecule is Cc1ccccc1/C=N/OC(C)C(=O)Nc1ccc2c(c1)CCC2. The number of oxime groups is 1. The number of fused-ring (bicyclic) bond motifs is 1. The summed E-state index contributed by atoms with van der Waals surface area (Å²) in [4.78, 5) is 17.5. The van der Waals surface area contributed by atoms with E-state index in [4.69, 9.17) is 4.84 Å². The van der Waals surface area contributed by atoms with Gasteiger partial charge in [-0.2, -0.15) is 0 Å². The molecule has 1 unspecified atom stereocenters. The Balaban J connectivity index is 1.56. The molecule has 1 amide bonds. The number of nitrogens with one attached hydrogen (secondary N) is 1. The Kier molecular flexibility index (Phi) is 4.94. The summed E-state index contributed by atoms with van der Waals surface area (Å²) in [6, 6.07) is 14.0. The number of carbonyl (C=O) groups excluding carboxylic acids is 1. The monoisotopic (exact) mass is 322 g/mol. The minimum Gasteiger partial charge on any atom is -0.383 e. The van der Waals surface area contributed by atoms with Crippen LogP contribution in [0.25, 0.3) is 0 Å². The molecular formula is C20H22N2O2. The summed E-state index contributed by atoms with van der Waals surface area (Å²) >= 11 is 0. The molecule has 1 aliphatic carbocycles. The van der Waals surface area contributed by atoms with Gasteiger partial charge >= 0.3 is 0 Å². The average molecular weight is 322 g/mol. The number of carbonyl (C=O) groups is 1. The number of hydrogen-bond acceptors (Lipinski definition) is 3. The first-order chi connectivity index (χ1) is 11.6. The molecule has 4 heteroatoms. The van der Waals surface area contributed by atoms with E-state index in [-0.39, 0.29) is 5.91 Å². The molecule has 0 saturated carbocycles. The molecule has 1 N–H and O–H groups in total. The number of hydrogen-bond donors (Lipinski definition) is 1. The Morgan fingerprint density at radius 3 is 2.83 bits per heavy atom. The first-order valence-corrected chi connectivity index (χ1v) is 8.31. The zero-order chi connectivity index (χ0) is 16.9. The predicted octanol–water partition coefficient (Wildman–Crippen LogP) is 3.86. The molecule has 24 heavy (non-hydrogen) atoms. The summed E-state index contributed by atoms with van der Waals surface area (Å²) in [5.41, 5.74) is 5.63. The van der Waals surface area contributed by atoms with E-state index in [1.165, 1.54) is 17.5 Å². The number of amides is 1. The molecule has 2 aromatic rings.